The molecule has 0 saturated heterocycles. The number of hydrogen-bond acceptors (Lipinski definition) is 1. The molecule has 0 heterocycles. The van der Waals surface area contributed by atoms with Crippen LogP contribution in [0, 0.1) is 5.92 Å². The Labute approximate surface area is 85.1 Å². The molecule has 14 heavy (non-hydrogen) atoms. The molecule has 1 aliphatic carbocycles. The monoisotopic (exact) mass is 188 g/mol. The van der Waals surface area contributed by atoms with Gasteiger partial charge in [-0.05, 0) is 24.3 Å². The highest BCUT2D eigenvalue weighted by Gasteiger charge is 2.25. The molecule has 0 aromatic heterocycles. The molecule has 2 atom stereocenters. The molecular weight excluding hydrogens is 172 g/mol. The summed E-state index contributed by atoms with van der Waals surface area (Å²) in [5, 5.41) is 0. The quantitative estimate of drug-likeness (QED) is 0.661. The van der Waals surface area contributed by atoms with Crippen LogP contribution in [0.5, 0.6) is 0 Å². The molecular formula is C13H16O. The highest BCUT2D eigenvalue weighted by Crippen LogP contribution is 2.33. The van der Waals surface area contributed by atoms with E-state index in [1.807, 2.05) is 13.0 Å². The molecule has 0 radical (unpaired) electrons. The van der Waals surface area contributed by atoms with E-state index in [-0.39, 0.29) is 5.92 Å². The molecule has 74 valence electrons. The molecule has 1 aromatic rings. The Morgan fingerprint density at radius 1 is 1.14 bits per heavy atom. The Hall–Kier alpha value is -1.11. The van der Waals surface area contributed by atoms with Gasteiger partial charge in [0.2, 0.25) is 0 Å². The van der Waals surface area contributed by atoms with Crippen molar-refractivity contribution in [3.8, 4) is 0 Å². The van der Waals surface area contributed by atoms with Crippen molar-refractivity contribution in [2.45, 2.75) is 32.1 Å². The predicted octanol–water partition coefficient (Wildman–Crippen LogP) is 3.16. The number of benzene rings is 1. The first-order chi connectivity index (χ1) is 6.77. The summed E-state index contributed by atoms with van der Waals surface area (Å²) in [6, 6.07) is 10.4. The average Bonchev–Trinajstić information content (AvgIpc) is 2.23. The van der Waals surface area contributed by atoms with Crippen LogP contribution >= 0.6 is 0 Å². The lowest BCUT2D eigenvalue weighted by molar-refractivity contribution is -0.124. The molecule has 0 unspecified atom stereocenters. The van der Waals surface area contributed by atoms with Crippen LogP contribution < -0.4 is 0 Å². The fourth-order valence-corrected chi connectivity index (χ4v) is 2.17. The first kappa shape index (κ1) is 9.45. The van der Waals surface area contributed by atoms with E-state index in [1.54, 1.807) is 0 Å². The molecule has 1 heteroatoms. The Bertz CT molecular complexity index is 315. The molecule has 0 aliphatic heterocycles. The van der Waals surface area contributed by atoms with Gasteiger partial charge in [0.05, 0.1) is 0 Å². The van der Waals surface area contributed by atoms with E-state index >= 15 is 0 Å². The van der Waals surface area contributed by atoms with Crippen molar-refractivity contribution >= 4 is 5.78 Å². The van der Waals surface area contributed by atoms with E-state index in [0.717, 1.165) is 19.3 Å². The minimum atomic E-state index is 0.287. The zero-order chi connectivity index (χ0) is 9.97. The lowest BCUT2D eigenvalue weighted by Crippen LogP contribution is -2.21. The zero-order valence-electron chi connectivity index (χ0n) is 8.57. The van der Waals surface area contributed by atoms with Gasteiger partial charge in [0.25, 0.3) is 0 Å². The van der Waals surface area contributed by atoms with Gasteiger partial charge < -0.3 is 0 Å². The first-order valence-electron chi connectivity index (χ1n) is 5.35. The van der Waals surface area contributed by atoms with Crippen LogP contribution in [0.15, 0.2) is 30.3 Å². The normalized spacial score (nSPS) is 27.6. The van der Waals surface area contributed by atoms with Crippen LogP contribution in [-0.2, 0) is 4.79 Å². The third-order valence-corrected chi connectivity index (χ3v) is 3.22. The zero-order valence-corrected chi connectivity index (χ0v) is 8.57. The van der Waals surface area contributed by atoms with Crippen LogP contribution in [0.2, 0.25) is 0 Å². The topological polar surface area (TPSA) is 17.1 Å². The maximum absolute atomic E-state index is 11.6. The van der Waals surface area contributed by atoms with Crippen molar-refractivity contribution in [3.63, 3.8) is 0 Å². The van der Waals surface area contributed by atoms with E-state index in [1.165, 1.54) is 5.56 Å². The largest absolute Gasteiger partial charge is 0.299 e. The summed E-state index contributed by atoms with van der Waals surface area (Å²) in [6.07, 6.45) is 2.96. The fraction of sp³-hybridized carbons (Fsp3) is 0.462. The average molecular weight is 188 g/mol. The smallest absolute Gasteiger partial charge is 0.136 e. The van der Waals surface area contributed by atoms with Crippen molar-refractivity contribution in [1.29, 1.82) is 0 Å². The summed E-state index contributed by atoms with van der Waals surface area (Å²) in [6.45, 7) is 2.05. The maximum Gasteiger partial charge on any atom is 0.136 e. The van der Waals surface area contributed by atoms with E-state index < -0.39 is 0 Å². The van der Waals surface area contributed by atoms with Crippen molar-refractivity contribution < 1.29 is 4.79 Å². The van der Waals surface area contributed by atoms with Gasteiger partial charge >= 0.3 is 0 Å². The Kier molecular flexibility index (Phi) is 2.67. The summed E-state index contributed by atoms with van der Waals surface area (Å²) in [7, 11) is 0. The third-order valence-electron chi connectivity index (χ3n) is 3.22. The molecule has 1 fully saturated rings. The van der Waals surface area contributed by atoms with Gasteiger partial charge in [0.15, 0.2) is 0 Å². The van der Waals surface area contributed by atoms with E-state index in [2.05, 4.69) is 24.3 Å². The standard InChI is InChI=1S/C13H16O/c1-10-7-8-12(9-13(10)14)11-5-3-2-4-6-11/h2-6,10,12H,7-9H2,1H3/t10-,12-/m0/s1. The van der Waals surface area contributed by atoms with E-state index in [4.69, 9.17) is 0 Å². The predicted molar refractivity (Wildman–Crippen MR) is 57.2 cm³/mol. The van der Waals surface area contributed by atoms with Crippen LogP contribution in [0.1, 0.15) is 37.7 Å². The van der Waals surface area contributed by atoms with Gasteiger partial charge in [-0.2, -0.15) is 0 Å². The maximum atomic E-state index is 11.6. The Morgan fingerprint density at radius 2 is 1.86 bits per heavy atom. The van der Waals surface area contributed by atoms with Crippen LogP contribution in [-0.4, -0.2) is 5.78 Å². The van der Waals surface area contributed by atoms with Crippen molar-refractivity contribution in [3.05, 3.63) is 35.9 Å². The van der Waals surface area contributed by atoms with Gasteiger partial charge in [-0.1, -0.05) is 37.3 Å². The Balaban J connectivity index is 2.11. The molecule has 0 spiro atoms. The van der Waals surface area contributed by atoms with Crippen molar-refractivity contribution in [1.82, 2.24) is 0 Å². The van der Waals surface area contributed by atoms with Gasteiger partial charge in [-0.25, -0.2) is 0 Å². The first-order valence-corrected chi connectivity index (χ1v) is 5.35. The summed E-state index contributed by atoms with van der Waals surface area (Å²) in [5.41, 5.74) is 1.33. The molecule has 1 saturated carbocycles. The summed E-state index contributed by atoms with van der Waals surface area (Å²) >= 11 is 0. The van der Waals surface area contributed by atoms with E-state index in [9.17, 15) is 4.79 Å². The number of carbonyl (C=O) groups is 1. The highest BCUT2D eigenvalue weighted by molar-refractivity contribution is 5.82. The SMILES string of the molecule is C[C@H]1CC[C@H](c2ccccc2)CC1=O. The fourth-order valence-electron chi connectivity index (χ4n) is 2.17. The minimum Gasteiger partial charge on any atom is -0.299 e. The van der Waals surface area contributed by atoms with Crippen molar-refractivity contribution in [2.75, 3.05) is 0 Å². The van der Waals surface area contributed by atoms with Crippen molar-refractivity contribution in [2.24, 2.45) is 5.92 Å². The van der Waals surface area contributed by atoms with Gasteiger partial charge in [0, 0.05) is 12.3 Å². The minimum absolute atomic E-state index is 0.287. The number of rotatable bonds is 1. The molecule has 1 aliphatic rings. The third kappa shape index (κ3) is 1.87. The summed E-state index contributed by atoms with van der Waals surface area (Å²) in [5.74, 6) is 1.19. The van der Waals surface area contributed by atoms with E-state index in [0.29, 0.717) is 11.7 Å². The number of ketones is 1. The highest BCUT2D eigenvalue weighted by atomic mass is 16.1. The van der Waals surface area contributed by atoms with Crippen LogP contribution in [0.3, 0.4) is 0 Å². The molecule has 0 amide bonds. The molecule has 0 bridgehead atoms. The molecule has 0 N–H and O–H groups in total. The molecule has 1 aromatic carbocycles. The molecule has 2 rings (SSSR count). The van der Waals surface area contributed by atoms with Gasteiger partial charge in [-0.15, -0.1) is 0 Å². The second kappa shape index (κ2) is 3.95. The van der Waals surface area contributed by atoms with Gasteiger partial charge in [0.1, 0.15) is 5.78 Å². The number of hydrogen-bond donors (Lipinski definition) is 0. The number of Topliss-reactive ketones (excluding diaryl/α,β-unsaturated/α-hetero) is 1. The van der Waals surface area contributed by atoms with Crippen LogP contribution in [0.25, 0.3) is 0 Å². The second-order valence-electron chi connectivity index (χ2n) is 4.26. The number of carbonyl (C=O) groups excluding carboxylic acids is 1. The summed E-state index contributed by atoms with van der Waals surface area (Å²) < 4.78 is 0. The summed E-state index contributed by atoms with van der Waals surface area (Å²) in [4.78, 5) is 11.6. The van der Waals surface area contributed by atoms with Gasteiger partial charge in [-0.3, -0.25) is 4.79 Å². The molecule has 1 nitrogen and oxygen atoms in total. The van der Waals surface area contributed by atoms with Crippen LogP contribution in [0.4, 0.5) is 0 Å². The second-order valence-corrected chi connectivity index (χ2v) is 4.26. The lowest BCUT2D eigenvalue weighted by atomic mass is 9.79. The lowest BCUT2D eigenvalue weighted by Gasteiger charge is -2.25. The Morgan fingerprint density at radius 3 is 2.50 bits per heavy atom.